The van der Waals surface area contributed by atoms with Gasteiger partial charge in [-0.1, -0.05) is 26.8 Å². The van der Waals surface area contributed by atoms with Gasteiger partial charge in [0.2, 0.25) is 0 Å². The Balaban J connectivity index is 4.62. The van der Waals surface area contributed by atoms with Gasteiger partial charge in [0.05, 0.1) is 12.5 Å². The number of rotatable bonds is 5. The largest absolute Gasteiger partial charge is 0.460 e. The third-order valence-electron chi connectivity index (χ3n) is 3.30. The molecule has 0 aromatic rings. The third kappa shape index (κ3) is 6.92. The maximum atomic E-state index is 11.8. The predicted octanol–water partition coefficient (Wildman–Crippen LogP) is 4.29. The van der Waals surface area contributed by atoms with Crippen molar-refractivity contribution in [2.24, 2.45) is 0 Å². The van der Waals surface area contributed by atoms with Crippen LogP contribution in [0.5, 0.6) is 0 Å². The van der Waals surface area contributed by atoms with E-state index in [9.17, 15) is 4.79 Å². The smallest absolute Gasteiger partial charge is 0.309 e. The van der Waals surface area contributed by atoms with Crippen molar-refractivity contribution in [3.63, 3.8) is 0 Å². The summed E-state index contributed by atoms with van der Waals surface area (Å²) >= 11 is 0. The van der Waals surface area contributed by atoms with Gasteiger partial charge in [0.1, 0.15) is 5.60 Å². The Bertz CT molecular complexity index is 321. The van der Waals surface area contributed by atoms with Gasteiger partial charge in [0.15, 0.2) is 8.32 Å². The first-order chi connectivity index (χ1) is 8.28. The number of hydrogen-bond acceptors (Lipinski definition) is 3. The lowest BCUT2D eigenvalue weighted by Crippen LogP contribution is -2.44. The Morgan fingerprint density at radius 2 is 1.68 bits per heavy atom. The fraction of sp³-hybridized carbons (Fsp3) is 0.800. The molecule has 0 aromatic carbocycles. The standard InChI is InChI=1S/C15H30O3Si/c1-10-12(11-13(16)17-14(2,3)4)18-19(8,9)15(5,6)7/h10,12H,1,11H2,2-9H3/t12-/m1/s1. The van der Waals surface area contributed by atoms with Crippen LogP contribution in [-0.2, 0) is 14.0 Å². The topological polar surface area (TPSA) is 35.5 Å². The van der Waals surface area contributed by atoms with Gasteiger partial charge in [-0.25, -0.2) is 0 Å². The van der Waals surface area contributed by atoms with Gasteiger partial charge < -0.3 is 9.16 Å². The Morgan fingerprint density at radius 3 is 2.00 bits per heavy atom. The summed E-state index contributed by atoms with van der Waals surface area (Å²) in [7, 11) is -1.89. The van der Waals surface area contributed by atoms with Gasteiger partial charge >= 0.3 is 5.97 Å². The summed E-state index contributed by atoms with van der Waals surface area (Å²) in [5.74, 6) is -0.240. The lowest BCUT2D eigenvalue weighted by atomic mass is 10.2. The van der Waals surface area contributed by atoms with Crippen molar-refractivity contribution in [2.45, 2.75) is 77.8 Å². The van der Waals surface area contributed by atoms with Gasteiger partial charge in [0, 0.05) is 0 Å². The summed E-state index contributed by atoms with van der Waals surface area (Å²) in [4.78, 5) is 11.8. The monoisotopic (exact) mass is 286 g/mol. The number of carbonyl (C=O) groups excluding carboxylic acids is 1. The molecule has 0 heterocycles. The van der Waals surface area contributed by atoms with Crippen molar-refractivity contribution in [3.05, 3.63) is 12.7 Å². The Labute approximate surface area is 119 Å². The molecular formula is C15H30O3Si. The molecule has 0 saturated carbocycles. The molecule has 0 unspecified atom stereocenters. The van der Waals surface area contributed by atoms with E-state index in [2.05, 4.69) is 40.4 Å². The van der Waals surface area contributed by atoms with Crippen LogP contribution in [0.25, 0.3) is 0 Å². The molecule has 0 spiro atoms. The van der Waals surface area contributed by atoms with E-state index in [1.165, 1.54) is 0 Å². The molecular weight excluding hydrogens is 256 g/mol. The summed E-state index contributed by atoms with van der Waals surface area (Å²) in [6, 6.07) is 0. The number of ether oxygens (including phenoxy) is 1. The highest BCUT2D eigenvalue weighted by atomic mass is 28.4. The Hall–Kier alpha value is -0.613. The molecule has 0 amide bonds. The van der Waals surface area contributed by atoms with E-state index in [1.54, 1.807) is 6.08 Å². The zero-order chi connectivity index (χ0) is 15.5. The van der Waals surface area contributed by atoms with E-state index in [-0.39, 0.29) is 23.5 Å². The van der Waals surface area contributed by atoms with Crippen LogP contribution in [0.4, 0.5) is 0 Å². The molecule has 19 heavy (non-hydrogen) atoms. The Kier molecular flexibility index (Phi) is 6.02. The van der Waals surface area contributed by atoms with Gasteiger partial charge in [-0.3, -0.25) is 4.79 Å². The van der Waals surface area contributed by atoms with Crippen LogP contribution in [-0.4, -0.2) is 26.0 Å². The van der Waals surface area contributed by atoms with Crippen LogP contribution in [0.1, 0.15) is 48.0 Å². The van der Waals surface area contributed by atoms with Crippen molar-refractivity contribution in [3.8, 4) is 0 Å². The van der Waals surface area contributed by atoms with E-state index in [0.717, 1.165) is 0 Å². The second kappa shape index (κ2) is 6.22. The van der Waals surface area contributed by atoms with Gasteiger partial charge in [0.25, 0.3) is 0 Å². The summed E-state index contributed by atoms with van der Waals surface area (Å²) in [5.41, 5.74) is -0.459. The minimum absolute atomic E-state index is 0.113. The Morgan fingerprint density at radius 1 is 1.21 bits per heavy atom. The molecule has 0 rings (SSSR count). The molecule has 0 aliphatic carbocycles. The molecule has 0 radical (unpaired) electrons. The van der Waals surface area contributed by atoms with Crippen LogP contribution < -0.4 is 0 Å². The fourth-order valence-electron chi connectivity index (χ4n) is 1.28. The summed E-state index contributed by atoms with van der Waals surface area (Å²) in [6.45, 7) is 20.2. The fourth-order valence-corrected chi connectivity index (χ4v) is 2.57. The quantitative estimate of drug-likeness (QED) is 0.429. The number of carbonyl (C=O) groups is 1. The lowest BCUT2D eigenvalue weighted by Gasteiger charge is -2.38. The van der Waals surface area contributed by atoms with E-state index < -0.39 is 13.9 Å². The summed E-state index contributed by atoms with van der Waals surface area (Å²) < 4.78 is 11.5. The SMILES string of the molecule is C=C[C@H](CC(=O)OC(C)(C)C)O[Si](C)(C)C(C)(C)C. The van der Waals surface area contributed by atoms with Crippen LogP contribution in [0, 0.1) is 0 Å². The van der Waals surface area contributed by atoms with E-state index in [1.807, 2.05) is 20.8 Å². The van der Waals surface area contributed by atoms with Crippen LogP contribution >= 0.6 is 0 Å². The van der Waals surface area contributed by atoms with Gasteiger partial charge in [-0.2, -0.15) is 0 Å². The third-order valence-corrected chi connectivity index (χ3v) is 7.81. The first-order valence-corrected chi connectivity index (χ1v) is 9.71. The molecule has 1 atom stereocenters. The molecule has 112 valence electrons. The van der Waals surface area contributed by atoms with Crippen molar-refractivity contribution in [2.75, 3.05) is 0 Å². The molecule has 4 heteroatoms. The first kappa shape index (κ1) is 18.4. The molecule has 0 aliphatic heterocycles. The lowest BCUT2D eigenvalue weighted by molar-refractivity contribution is -0.156. The second-order valence-corrected chi connectivity index (χ2v) is 12.2. The van der Waals surface area contributed by atoms with Gasteiger partial charge in [-0.05, 0) is 38.9 Å². The zero-order valence-corrected chi connectivity index (χ0v) is 14.8. The van der Waals surface area contributed by atoms with E-state index in [4.69, 9.17) is 9.16 Å². The highest BCUT2D eigenvalue weighted by molar-refractivity contribution is 6.74. The maximum absolute atomic E-state index is 11.8. The normalized spacial score (nSPS) is 14.9. The van der Waals surface area contributed by atoms with Crippen molar-refractivity contribution in [1.82, 2.24) is 0 Å². The van der Waals surface area contributed by atoms with Crippen molar-refractivity contribution in [1.29, 1.82) is 0 Å². The number of hydrogen-bond donors (Lipinski definition) is 0. The minimum Gasteiger partial charge on any atom is -0.460 e. The molecule has 0 bridgehead atoms. The summed E-state index contributed by atoms with van der Waals surface area (Å²) in [5, 5.41) is 0.113. The molecule has 0 fully saturated rings. The van der Waals surface area contributed by atoms with Crippen LogP contribution in [0.2, 0.25) is 18.1 Å². The molecule has 0 aliphatic rings. The van der Waals surface area contributed by atoms with E-state index in [0.29, 0.717) is 0 Å². The minimum atomic E-state index is -1.89. The highest BCUT2D eigenvalue weighted by Gasteiger charge is 2.39. The molecule has 0 saturated heterocycles. The average Bonchev–Trinajstić information content (AvgIpc) is 2.11. The average molecular weight is 286 g/mol. The zero-order valence-electron chi connectivity index (χ0n) is 13.8. The maximum Gasteiger partial charge on any atom is 0.309 e. The summed E-state index contributed by atoms with van der Waals surface area (Å²) in [6.07, 6.45) is 1.66. The molecule has 0 aromatic heterocycles. The van der Waals surface area contributed by atoms with Crippen LogP contribution in [0.3, 0.4) is 0 Å². The number of esters is 1. The molecule has 0 N–H and O–H groups in total. The highest BCUT2D eigenvalue weighted by Crippen LogP contribution is 2.37. The predicted molar refractivity (Wildman–Crippen MR) is 82.7 cm³/mol. The van der Waals surface area contributed by atoms with E-state index >= 15 is 0 Å². The van der Waals surface area contributed by atoms with Crippen molar-refractivity contribution >= 4 is 14.3 Å². The van der Waals surface area contributed by atoms with Gasteiger partial charge in [-0.15, -0.1) is 6.58 Å². The first-order valence-electron chi connectivity index (χ1n) is 6.81. The van der Waals surface area contributed by atoms with Crippen molar-refractivity contribution < 1.29 is 14.0 Å². The van der Waals surface area contributed by atoms with Crippen LogP contribution in [0.15, 0.2) is 12.7 Å². The molecule has 3 nitrogen and oxygen atoms in total. The second-order valence-electron chi connectivity index (χ2n) is 7.44.